The number of aliphatic hydroxyl groups is 8. The number of hydrogen-bond donors (Lipinski definition) is 8. The topological polar surface area (TPSA) is 190 Å². The normalized spacial score (nSPS) is 49.5. The zero-order valence-electron chi connectivity index (χ0n) is 12.0. The van der Waals surface area contributed by atoms with Gasteiger partial charge in [-0.3, -0.25) is 0 Å². The van der Waals surface area contributed by atoms with Crippen molar-refractivity contribution in [3.63, 3.8) is 0 Å². The third-order valence-electron chi connectivity index (χ3n) is 3.98. The van der Waals surface area contributed by atoms with Gasteiger partial charge in [0.2, 0.25) is 0 Å². The molecule has 0 aromatic carbocycles. The third-order valence-corrected chi connectivity index (χ3v) is 3.98. The van der Waals surface area contributed by atoms with E-state index in [0.717, 1.165) is 0 Å². The lowest BCUT2D eigenvalue weighted by Crippen LogP contribution is -2.64. The monoisotopic (exact) mass is 374 g/mol. The van der Waals surface area contributed by atoms with Crippen LogP contribution in [0.3, 0.4) is 0 Å². The summed E-state index contributed by atoms with van der Waals surface area (Å²) in [5.74, 6) is 0. The van der Waals surface area contributed by atoms with Crippen LogP contribution in [0, 0.1) is 0 Å². The fraction of sp³-hybridized carbons (Fsp3) is 1.00. The second-order valence-corrected chi connectivity index (χ2v) is 5.53. The van der Waals surface area contributed by atoms with E-state index in [-0.39, 0.29) is 11.0 Å². The van der Waals surface area contributed by atoms with Gasteiger partial charge in [0, 0.05) is 0 Å². The lowest BCUT2D eigenvalue weighted by molar-refractivity contribution is -0.355. The molecule has 10 atom stereocenters. The minimum absolute atomic E-state index is 0. The first-order valence-corrected chi connectivity index (χ1v) is 7.08. The Morgan fingerprint density at radius 3 is 1.79 bits per heavy atom. The Balaban J connectivity index is 0.00000288. The van der Waals surface area contributed by atoms with Gasteiger partial charge in [0.25, 0.3) is 0 Å². The van der Waals surface area contributed by atoms with Gasteiger partial charge in [-0.25, -0.2) is 0 Å². The molecule has 0 aromatic heterocycles. The van der Waals surface area contributed by atoms with Crippen molar-refractivity contribution in [2.75, 3.05) is 13.2 Å². The van der Waals surface area contributed by atoms with E-state index in [4.69, 9.17) is 19.3 Å². The summed E-state index contributed by atoms with van der Waals surface area (Å²) < 4.78 is 15.3. The molecule has 0 unspecified atom stereocenters. The Morgan fingerprint density at radius 2 is 1.25 bits per heavy atom. The van der Waals surface area contributed by atoms with Gasteiger partial charge in [0.05, 0.1) is 13.2 Å². The Bertz CT molecular complexity index is 384. The van der Waals surface area contributed by atoms with Crippen LogP contribution in [-0.2, 0) is 14.2 Å². The molecular weight excluding hydrogens is 348 g/mol. The lowest BCUT2D eigenvalue weighted by atomic mass is 9.97. The van der Waals surface area contributed by atoms with E-state index in [1.807, 2.05) is 0 Å². The maximum atomic E-state index is 9.94. The van der Waals surface area contributed by atoms with Crippen molar-refractivity contribution in [2.24, 2.45) is 0 Å². The zero-order valence-corrected chi connectivity index (χ0v) is 12.0. The molecule has 0 radical (unpaired) electrons. The molecule has 0 aromatic rings. The highest BCUT2D eigenvalue weighted by atomic mass is 28.1. The van der Waals surface area contributed by atoms with Gasteiger partial charge in [0.1, 0.15) is 48.8 Å². The van der Waals surface area contributed by atoms with Crippen LogP contribution in [0.1, 0.15) is 0 Å². The molecule has 0 saturated carbocycles. The maximum absolute atomic E-state index is 9.94. The van der Waals surface area contributed by atoms with Crippen LogP contribution in [0.4, 0.5) is 0 Å². The van der Waals surface area contributed by atoms with Crippen LogP contribution in [-0.4, -0.2) is 126 Å². The van der Waals surface area contributed by atoms with Gasteiger partial charge in [0.15, 0.2) is 12.6 Å². The number of hydrogen-bond acceptors (Lipinski definition) is 11. The van der Waals surface area contributed by atoms with Gasteiger partial charge in [-0.2, -0.15) is 0 Å². The molecule has 2 aliphatic rings. The number of ether oxygens (including phenoxy) is 3. The first kappa shape index (κ1) is 21.8. The first-order chi connectivity index (χ1) is 10.8. The fourth-order valence-corrected chi connectivity index (χ4v) is 2.57. The van der Waals surface area contributed by atoms with Crippen LogP contribution >= 0.6 is 0 Å². The van der Waals surface area contributed by atoms with Crippen LogP contribution in [0.15, 0.2) is 0 Å². The Hall–Kier alpha value is -0.223. The average molecular weight is 374 g/mol. The number of rotatable bonds is 4. The Kier molecular flexibility index (Phi) is 8.12. The summed E-state index contributed by atoms with van der Waals surface area (Å²) in [5, 5.41) is 76.5. The van der Waals surface area contributed by atoms with Crippen molar-refractivity contribution >= 4 is 11.0 Å². The summed E-state index contributed by atoms with van der Waals surface area (Å²) in [6.07, 6.45) is -15.6. The molecular formula is C12H26O11Si. The minimum atomic E-state index is -1.74. The molecule has 2 saturated heterocycles. The molecule has 2 rings (SSSR count). The summed E-state index contributed by atoms with van der Waals surface area (Å²) in [5.41, 5.74) is 0. The quantitative estimate of drug-likeness (QED) is 0.218. The van der Waals surface area contributed by atoms with Crippen LogP contribution in [0.25, 0.3) is 0 Å². The van der Waals surface area contributed by atoms with Crippen LogP contribution in [0.2, 0.25) is 0 Å². The molecule has 0 bridgehead atoms. The molecule has 24 heavy (non-hydrogen) atoms. The fourth-order valence-electron chi connectivity index (χ4n) is 2.57. The van der Waals surface area contributed by atoms with E-state index >= 15 is 0 Å². The highest BCUT2D eigenvalue weighted by molar-refractivity contribution is 5.75. The van der Waals surface area contributed by atoms with E-state index in [1.54, 1.807) is 0 Å². The van der Waals surface area contributed by atoms with Gasteiger partial charge in [-0.1, -0.05) is 0 Å². The molecule has 2 heterocycles. The standard InChI is InChI=1S/C12H22O11.H4Si/c13-1-3-5(15)6(16)9(19)12(22-3)23-10-4(2-14)21-11(20)8(18)7(10)17;/h3-20H,1-2H2;1H4/t3-,4-,5+,6+,7-,8-,9-,10-,11-,12+;/m1./s1. The van der Waals surface area contributed by atoms with Crippen molar-refractivity contribution < 1.29 is 55.1 Å². The van der Waals surface area contributed by atoms with E-state index in [1.165, 1.54) is 0 Å². The summed E-state index contributed by atoms with van der Waals surface area (Å²) in [4.78, 5) is 0. The highest BCUT2D eigenvalue weighted by Gasteiger charge is 2.50. The Labute approximate surface area is 141 Å². The van der Waals surface area contributed by atoms with E-state index in [9.17, 15) is 35.7 Å². The molecule has 2 fully saturated rings. The van der Waals surface area contributed by atoms with Crippen molar-refractivity contribution in [3.05, 3.63) is 0 Å². The van der Waals surface area contributed by atoms with Gasteiger partial charge in [-0.15, -0.1) is 0 Å². The van der Waals surface area contributed by atoms with Crippen LogP contribution in [0.5, 0.6) is 0 Å². The van der Waals surface area contributed by atoms with Crippen molar-refractivity contribution in [3.8, 4) is 0 Å². The molecule has 144 valence electrons. The summed E-state index contributed by atoms with van der Waals surface area (Å²) in [7, 11) is 0. The second-order valence-electron chi connectivity index (χ2n) is 5.53. The van der Waals surface area contributed by atoms with E-state index in [0.29, 0.717) is 0 Å². The minimum Gasteiger partial charge on any atom is -0.394 e. The molecule has 12 heteroatoms. The molecule has 11 nitrogen and oxygen atoms in total. The number of aliphatic hydroxyl groups excluding tert-OH is 8. The molecule has 0 spiro atoms. The van der Waals surface area contributed by atoms with E-state index < -0.39 is 74.6 Å². The first-order valence-electron chi connectivity index (χ1n) is 7.08. The van der Waals surface area contributed by atoms with Gasteiger partial charge >= 0.3 is 0 Å². The molecule has 0 amide bonds. The van der Waals surface area contributed by atoms with Crippen molar-refractivity contribution in [2.45, 2.75) is 61.4 Å². The maximum Gasteiger partial charge on any atom is 0.187 e. The smallest absolute Gasteiger partial charge is 0.187 e. The Morgan fingerprint density at radius 1 is 0.667 bits per heavy atom. The van der Waals surface area contributed by atoms with Gasteiger partial charge in [-0.05, 0) is 11.0 Å². The summed E-state index contributed by atoms with van der Waals surface area (Å²) in [6.45, 7) is -1.35. The molecule has 0 aliphatic carbocycles. The highest BCUT2D eigenvalue weighted by Crippen LogP contribution is 2.28. The largest absolute Gasteiger partial charge is 0.394 e. The lowest BCUT2D eigenvalue weighted by Gasteiger charge is -2.45. The predicted octanol–water partition coefficient (Wildman–Crippen LogP) is -6.85. The van der Waals surface area contributed by atoms with Gasteiger partial charge < -0.3 is 55.1 Å². The van der Waals surface area contributed by atoms with Crippen molar-refractivity contribution in [1.82, 2.24) is 0 Å². The zero-order chi connectivity index (χ0) is 17.3. The molecule has 8 N–H and O–H groups in total. The SMILES string of the molecule is OC[C@H]1O[C@@H](O[C@H]2[C@H](O)[C@@H](O)[C@H](O)O[C@@H]2CO)[C@H](O)[C@@H](O)[C@H]1O.[SiH4]. The second kappa shape index (κ2) is 8.93. The summed E-state index contributed by atoms with van der Waals surface area (Å²) >= 11 is 0. The molecule has 2 aliphatic heterocycles. The summed E-state index contributed by atoms with van der Waals surface area (Å²) in [6, 6.07) is 0. The predicted molar refractivity (Wildman–Crippen MR) is 80.0 cm³/mol. The average Bonchev–Trinajstić information content (AvgIpc) is 2.55. The van der Waals surface area contributed by atoms with Crippen molar-refractivity contribution in [1.29, 1.82) is 0 Å². The van der Waals surface area contributed by atoms with Crippen LogP contribution < -0.4 is 0 Å². The van der Waals surface area contributed by atoms with E-state index in [2.05, 4.69) is 0 Å². The third kappa shape index (κ3) is 4.12.